The van der Waals surface area contributed by atoms with E-state index in [1.807, 2.05) is 13.8 Å². The van der Waals surface area contributed by atoms with Crippen LogP contribution in [0.1, 0.15) is 32.6 Å². The molecule has 2 unspecified atom stereocenters. The van der Waals surface area contributed by atoms with Crippen LogP contribution in [0.3, 0.4) is 0 Å². The summed E-state index contributed by atoms with van der Waals surface area (Å²) >= 11 is 0. The zero-order valence-electron chi connectivity index (χ0n) is 9.06. The number of aromatic nitrogens is 4. The van der Waals surface area contributed by atoms with Crippen LogP contribution in [0.15, 0.2) is 0 Å². The van der Waals surface area contributed by atoms with Crippen molar-refractivity contribution in [1.29, 1.82) is 0 Å². The molecule has 1 aromatic rings. The van der Waals surface area contributed by atoms with Gasteiger partial charge in [-0.25, -0.2) is 0 Å². The first-order chi connectivity index (χ1) is 7.02. The second kappa shape index (κ2) is 4.83. The van der Waals surface area contributed by atoms with Crippen molar-refractivity contribution in [1.82, 2.24) is 25.9 Å². The van der Waals surface area contributed by atoms with Gasteiger partial charge in [-0.2, -0.15) is 5.21 Å². The van der Waals surface area contributed by atoms with E-state index in [0.29, 0.717) is 5.82 Å². The minimum absolute atomic E-state index is 0.0995. The van der Waals surface area contributed by atoms with E-state index in [1.54, 1.807) is 6.92 Å². The summed E-state index contributed by atoms with van der Waals surface area (Å²) < 4.78 is 0. The van der Waals surface area contributed by atoms with Gasteiger partial charge in [-0.05, 0) is 12.8 Å². The topological polar surface area (TPSA) is 110 Å². The molecule has 1 amide bonds. The number of amides is 1. The first-order valence-electron chi connectivity index (χ1n) is 4.81. The van der Waals surface area contributed by atoms with E-state index in [4.69, 9.17) is 5.73 Å². The quantitative estimate of drug-likeness (QED) is 0.615. The van der Waals surface area contributed by atoms with E-state index < -0.39 is 6.04 Å². The van der Waals surface area contributed by atoms with Gasteiger partial charge in [0.15, 0.2) is 5.82 Å². The lowest BCUT2D eigenvalue weighted by Gasteiger charge is -2.17. The van der Waals surface area contributed by atoms with Crippen molar-refractivity contribution in [3.8, 4) is 0 Å². The number of carbonyl (C=O) groups excluding carboxylic acids is 1. The first kappa shape index (κ1) is 11.6. The molecule has 1 heterocycles. The number of nitrogens with zero attached hydrogens (tertiary/aromatic N) is 3. The van der Waals surface area contributed by atoms with Crippen molar-refractivity contribution in [2.24, 2.45) is 11.7 Å². The smallest absolute Gasteiger partial charge is 0.237 e. The summed E-state index contributed by atoms with van der Waals surface area (Å²) in [5, 5.41) is 16.0. The highest BCUT2D eigenvalue weighted by atomic mass is 16.2. The lowest BCUT2D eigenvalue weighted by atomic mass is 10.0. The number of nitrogens with two attached hydrogens (primary N) is 1. The Bertz CT molecular complexity index is 309. The Morgan fingerprint density at radius 1 is 1.47 bits per heavy atom. The van der Waals surface area contributed by atoms with Gasteiger partial charge in [-0.15, -0.1) is 10.2 Å². The van der Waals surface area contributed by atoms with Crippen LogP contribution in [-0.2, 0) is 4.79 Å². The number of aromatic amines is 1. The van der Waals surface area contributed by atoms with Gasteiger partial charge in [0, 0.05) is 0 Å². The molecular formula is C8H16N6O. The normalized spacial score (nSPS) is 15.0. The Morgan fingerprint density at radius 3 is 2.60 bits per heavy atom. The van der Waals surface area contributed by atoms with Gasteiger partial charge in [0.1, 0.15) is 0 Å². The minimum Gasteiger partial charge on any atom is -0.345 e. The van der Waals surface area contributed by atoms with Gasteiger partial charge >= 0.3 is 0 Å². The lowest BCUT2D eigenvalue weighted by Crippen LogP contribution is -2.44. The number of rotatable bonds is 4. The number of nitrogens with one attached hydrogen (secondary N) is 2. The largest absolute Gasteiger partial charge is 0.345 e. The van der Waals surface area contributed by atoms with Crippen molar-refractivity contribution >= 4 is 5.91 Å². The Morgan fingerprint density at radius 2 is 2.13 bits per heavy atom. The molecule has 0 aliphatic rings. The van der Waals surface area contributed by atoms with Crippen molar-refractivity contribution in [3.63, 3.8) is 0 Å². The Hall–Kier alpha value is -1.50. The number of carbonyl (C=O) groups is 1. The Labute approximate surface area is 87.8 Å². The highest BCUT2D eigenvalue weighted by Crippen LogP contribution is 2.05. The van der Waals surface area contributed by atoms with Gasteiger partial charge in [-0.1, -0.05) is 19.1 Å². The van der Waals surface area contributed by atoms with Crippen molar-refractivity contribution in [2.45, 2.75) is 32.9 Å². The predicted octanol–water partition coefficient (Wildman–Crippen LogP) is -0.640. The molecule has 1 aromatic heterocycles. The molecule has 7 nitrogen and oxygen atoms in total. The van der Waals surface area contributed by atoms with E-state index in [2.05, 4.69) is 25.9 Å². The second-order valence-corrected chi connectivity index (χ2v) is 3.77. The molecular weight excluding hydrogens is 196 g/mol. The lowest BCUT2D eigenvalue weighted by molar-refractivity contribution is -0.123. The number of tetrazole rings is 1. The van der Waals surface area contributed by atoms with Crippen LogP contribution >= 0.6 is 0 Å². The molecule has 2 atom stereocenters. The fourth-order valence-corrected chi connectivity index (χ4v) is 1.03. The molecule has 0 spiro atoms. The zero-order valence-corrected chi connectivity index (χ0v) is 9.06. The molecule has 1 rings (SSSR count). The first-order valence-corrected chi connectivity index (χ1v) is 4.81. The van der Waals surface area contributed by atoms with E-state index in [1.165, 1.54) is 0 Å². The number of hydrogen-bond donors (Lipinski definition) is 3. The summed E-state index contributed by atoms with van der Waals surface area (Å²) in [4.78, 5) is 11.6. The molecule has 0 bridgehead atoms. The van der Waals surface area contributed by atoms with E-state index in [9.17, 15) is 4.79 Å². The SMILES string of the molecule is CC(NC(=O)C(N)C(C)C)c1nn[nH]n1. The summed E-state index contributed by atoms with van der Waals surface area (Å²) in [6.07, 6.45) is 0. The molecule has 0 radical (unpaired) electrons. The van der Waals surface area contributed by atoms with Gasteiger partial charge in [-0.3, -0.25) is 4.79 Å². The van der Waals surface area contributed by atoms with E-state index in [-0.39, 0.29) is 17.9 Å². The molecule has 84 valence electrons. The van der Waals surface area contributed by atoms with E-state index >= 15 is 0 Å². The average molecular weight is 212 g/mol. The maximum atomic E-state index is 11.6. The van der Waals surface area contributed by atoms with Gasteiger partial charge in [0.05, 0.1) is 12.1 Å². The van der Waals surface area contributed by atoms with Gasteiger partial charge in [0.25, 0.3) is 0 Å². The summed E-state index contributed by atoms with van der Waals surface area (Å²) in [6, 6.07) is -0.805. The highest BCUT2D eigenvalue weighted by Gasteiger charge is 2.20. The van der Waals surface area contributed by atoms with Crippen LogP contribution in [0.4, 0.5) is 0 Å². The maximum Gasteiger partial charge on any atom is 0.237 e. The zero-order chi connectivity index (χ0) is 11.4. The summed E-state index contributed by atoms with van der Waals surface area (Å²) in [6.45, 7) is 5.56. The van der Waals surface area contributed by atoms with Crippen LogP contribution in [0.2, 0.25) is 0 Å². The van der Waals surface area contributed by atoms with Crippen molar-refractivity contribution in [2.75, 3.05) is 0 Å². The fourth-order valence-electron chi connectivity index (χ4n) is 1.03. The van der Waals surface area contributed by atoms with Crippen LogP contribution in [0.25, 0.3) is 0 Å². The fraction of sp³-hybridized carbons (Fsp3) is 0.750. The van der Waals surface area contributed by atoms with Crippen LogP contribution in [0, 0.1) is 5.92 Å². The Kier molecular flexibility index (Phi) is 3.73. The van der Waals surface area contributed by atoms with Crippen molar-refractivity contribution in [3.05, 3.63) is 5.82 Å². The molecule has 15 heavy (non-hydrogen) atoms. The van der Waals surface area contributed by atoms with Crippen LogP contribution in [0.5, 0.6) is 0 Å². The molecule has 0 aromatic carbocycles. The summed E-state index contributed by atoms with van der Waals surface area (Å²) in [5.74, 6) is 0.337. The number of hydrogen-bond acceptors (Lipinski definition) is 5. The monoisotopic (exact) mass is 212 g/mol. The molecule has 0 fully saturated rings. The third-order valence-corrected chi connectivity index (χ3v) is 2.13. The summed E-state index contributed by atoms with van der Waals surface area (Å²) in [5.41, 5.74) is 5.69. The third kappa shape index (κ3) is 2.98. The molecule has 7 heteroatoms. The molecule has 0 saturated carbocycles. The average Bonchev–Trinajstić information content (AvgIpc) is 2.68. The van der Waals surface area contributed by atoms with Crippen LogP contribution in [-0.4, -0.2) is 32.6 Å². The van der Waals surface area contributed by atoms with Gasteiger partial charge < -0.3 is 11.1 Å². The maximum absolute atomic E-state index is 11.6. The highest BCUT2D eigenvalue weighted by molar-refractivity contribution is 5.82. The van der Waals surface area contributed by atoms with Gasteiger partial charge in [0.2, 0.25) is 5.91 Å². The third-order valence-electron chi connectivity index (χ3n) is 2.13. The molecule has 0 aliphatic carbocycles. The number of H-pyrrole nitrogens is 1. The van der Waals surface area contributed by atoms with E-state index in [0.717, 1.165) is 0 Å². The second-order valence-electron chi connectivity index (χ2n) is 3.77. The standard InChI is InChI=1S/C8H16N6O/c1-4(2)6(9)8(15)10-5(3)7-11-13-14-12-7/h4-6H,9H2,1-3H3,(H,10,15)(H,11,12,13,14). The van der Waals surface area contributed by atoms with Crippen LogP contribution < -0.4 is 11.1 Å². The predicted molar refractivity (Wildman–Crippen MR) is 53.5 cm³/mol. The minimum atomic E-state index is -0.514. The molecule has 0 saturated heterocycles. The molecule has 4 N–H and O–H groups in total. The molecule has 0 aliphatic heterocycles. The summed E-state index contributed by atoms with van der Waals surface area (Å²) in [7, 11) is 0. The Balaban J connectivity index is 2.52. The van der Waals surface area contributed by atoms with Crippen molar-refractivity contribution < 1.29 is 4.79 Å².